The van der Waals surface area contributed by atoms with Crippen molar-refractivity contribution in [3.8, 4) is 0 Å². The number of carbonyl (C=O) groups excluding carboxylic acids is 2. The molecule has 1 fully saturated rings. The third-order valence-electron chi connectivity index (χ3n) is 4.11. The maximum Gasteiger partial charge on any atom is 0.416 e. The quantitative estimate of drug-likeness (QED) is 0.843. The van der Waals surface area contributed by atoms with Crippen molar-refractivity contribution in [1.82, 2.24) is 0 Å². The van der Waals surface area contributed by atoms with Crippen LogP contribution in [0.5, 0.6) is 0 Å². The Kier molecular flexibility index (Phi) is 5.46. The van der Waals surface area contributed by atoms with Crippen LogP contribution in [0.4, 0.5) is 24.5 Å². The SMILES string of the molecule is O=C(Nc1ccc(C(F)(F)F)cc1)c1ccc(NC(=O)[C@H]2CCCO2)cc1. The van der Waals surface area contributed by atoms with Gasteiger partial charge in [0.15, 0.2) is 0 Å². The van der Waals surface area contributed by atoms with E-state index in [0.717, 1.165) is 18.6 Å². The van der Waals surface area contributed by atoms with Crippen molar-refractivity contribution in [2.24, 2.45) is 0 Å². The van der Waals surface area contributed by atoms with E-state index >= 15 is 0 Å². The van der Waals surface area contributed by atoms with Crippen LogP contribution in [0.25, 0.3) is 0 Å². The van der Waals surface area contributed by atoms with Crippen molar-refractivity contribution in [2.75, 3.05) is 17.2 Å². The van der Waals surface area contributed by atoms with Gasteiger partial charge in [0.1, 0.15) is 6.10 Å². The molecule has 142 valence electrons. The third-order valence-corrected chi connectivity index (χ3v) is 4.11. The molecule has 1 aliphatic heterocycles. The highest BCUT2D eigenvalue weighted by molar-refractivity contribution is 6.04. The zero-order valence-electron chi connectivity index (χ0n) is 14.2. The number of nitrogens with one attached hydrogen (secondary N) is 2. The van der Waals surface area contributed by atoms with Crippen molar-refractivity contribution in [1.29, 1.82) is 0 Å². The monoisotopic (exact) mass is 378 g/mol. The van der Waals surface area contributed by atoms with Gasteiger partial charge in [-0.15, -0.1) is 0 Å². The minimum absolute atomic E-state index is 0.227. The van der Waals surface area contributed by atoms with Crippen LogP contribution in [-0.4, -0.2) is 24.5 Å². The number of ether oxygens (including phenoxy) is 1. The molecule has 0 radical (unpaired) electrons. The van der Waals surface area contributed by atoms with Crippen LogP contribution in [0.3, 0.4) is 0 Å². The number of rotatable bonds is 4. The maximum absolute atomic E-state index is 12.5. The third kappa shape index (κ3) is 4.85. The van der Waals surface area contributed by atoms with E-state index in [-0.39, 0.29) is 11.6 Å². The maximum atomic E-state index is 12.5. The smallest absolute Gasteiger partial charge is 0.368 e. The Morgan fingerprint density at radius 2 is 1.52 bits per heavy atom. The first-order valence-corrected chi connectivity index (χ1v) is 8.34. The molecular formula is C19H17F3N2O3. The average molecular weight is 378 g/mol. The first-order chi connectivity index (χ1) is 12.8. The molecule has 0 unspecified atom stereocenters. The molecule has 2 amide bonds. The van der Waals surface area contributed by atoms with Crippen LogP contribution in [-0.2, 0) is 15.7 Å². The fourth-order valence-electron chi connectivity index (χ4n) is 2.66. The molecule has 2 N–H and O–H groups in total. The second kappa shape index (κ2) is 7.79. The van der Waals surface area contributed by atoms with Gasteiger partial charge in [-0.1, -0.05) is 0 Å². The van der Waals surface area contributed by atoms with E-state index in [0.29, 0.717) is 24.3 Å². The molecular weight excluding hydrogens is 361 g/mol. The lowest BCUT2D eigenvalue weighted by atomic mass is 10.1. The fourth-order valence-corrected chi connectivity index (χ4v) is 2.66. The summed E-state index contributed by atoms with van der Waals surface area (Å²) in [6.07, 6.45) is -3.35. The summed E-state index contributed by atoms with van der Waals surface area (Å²) in [5.41, 5.74) is 0.308. The molecule has 0 aromatic heterocycles. The van der Waals surface area contributed by atoms with Gasteiger partial charge >= 0.3 is 6.18 Å². The molecule has 0 aliphatic carbocycles. The van der Waals surface area contributed by atoms with Crippen LogP contribution in [0.15, 0.2) is 48.5 Å². The topological polar surface area (TPSA) is 67.4 Å². The van der Waals surface area contributed by atoms with Crippen LogP contribution < -0.4 is 10.6 Å². The van der Waals surface area contributed by atoms with E-state index in [2.05, 4.69) is 10.6 Å². The Morgan fingerprint density at radius 1 is 0.926 bits per heavy atom. The standard InChI is InChI=1S/C19H17F3N2O3/c20-19(21,22)13-5-9-15(10-6-13)23-17(25)12-3-7-14(8-4-12)24-18(26)16-2-1-11-27-16/h3-10,16H,1-2,11H2,(H,23,25)(H,24,26)/t16-/m1/s1. The summed E-state index contributed by atoms with van der Waals surface area (Å²) in [6, 6.07) is 10.4. The van der Waals surface area contributed by atoms with Gasteiger partial charge in [0.25, 0.3) is 11.8 Å². The lowest BCUT2D eigenvalue weighted by Crippen LogP contribution is -2.26. The summed E-state index contributed by atoms with van der Waals surface area (Å²) in [5.74, 6) is -0.693. The van der Waals surface area contributed by atoms with E-state index in [1.54, 1.807) is 12.1 Å². The molecule has 0 saturated carbocycles. The molecule has 27 heavy (non-hydrogen) atoms. The Balaban J connectivity index is 1.59. The van der Waals surface area contributed by atoms with Gasteiger partial charge in [-0.25, -0.2) is 0 Å². The molecule has 1 saturated heterocycles. The summed E-state index contributed by atoms with van der Waals surface area (Å²) in [4.78, 5) is 24.2. The number of amides is 2. The summed E-state index contributed by atoms with van der Waals surface area (Å²) in [6.45, 7) is 0.571. The Morgan fingerprint density at radius 3 is 2.07 bits per heavy atom. The van der Waals surface area contributed by atoms with E-state index in [1.165, 1.54) is 24.3 Å². The normalized spacial score (nSPS) is 16.8. The summed E-state index contributed by atoms with van der Waals surface area (Å²) in [7, 11) is 0. The van der Waals surface area contributed by atoms with Gasteiger partial charge < -0.3 is 15.4 Å². The van der Waals surface area contributed by atoms with Crippen molar-refractivity contribution >= 4 is 23.2 Å². The first kappa shape index (κ1) is 18.9. The second-order valence-electron chi connectivity index (χ2n) is 6.10. The number of hydrogen-bond donors (Lipinski definition) is 2. The predicted octanol–water partition coefficient (Wildman–Crippen LogP) is 4.08. The Labute approximate surface area is 153 Å². The van der Waals surface area contributed by atoms with E-state index < -0.39 is 23.8 Å². The average Bonchev–Trinajstić information content (AvgIpc) is 3.17. The van der Waals surface area contributed by atoms with Gasteiger partial charge in [0.2, 0.25) is 0 Å². The number of anilines is 2. The highest BCUT2D eigenvalue weighted by atomic mass is 19.4. The van der Waals surface area contributed by atoms with E-state index in [1.807, 2.05) is 0 Å². The summed E-state index contributed by atoms with van der Waals surface area (Å²) < 4.78 is 42.9. The van der Waals surface area contributed by atoms with Gasteiger partial charge in [0, 0.05) is 23.5 Å². The number of alkyl halides is 3. The largest absolute Gasteiger partial charge is 0.416 e. The highest BCUT2D eigenvalue weighted by Crippen LogP contribution is 2.29. The molecule has 0 spiro atoms. The zero-order valence-corrected chi connectivity index (χ0v) is 14.2. The predicted molar refractivity (Wildman–Crippen MR) is 93.4 cm³/mol. The number of hydrogen-bond acceptors (Lipinski definition) is 3. The van der Waals surface area contributed by atoms with Crippen LogP contribution in [0.1, 0.15) is 28.8 Å². The number of halogens is 3. The molecule has 1 atom stereocenters. The lowest BCUT2D eigenvalue weighted by molar-refractivity contribution is -0.137. The number of carbonyl (C=O) groups is 2. The van der Waals surface area contributed by atoms with Crippen LogP contribution in [0.2, 0.25) is 0 Å². The van der Waals surface area contributed by atoms with Crippen molar-refractivity contribution in [3.05, 3.63) is 59.7 Å². The van der Waals surface area contributed by atoms with E-state index in [4.69, 9.17) is 4.74 Å². The Bertz CT molecular complexity index is 812. The fraction of sp³-hybridized carbons (Fsp3) is 0.263. The van der Waals surface area contributed by atoms with Crippen molar-refractivity contribution < 1.29 is 27.5 Å². The van der Waals surface area contributed by atoms with Crippen LogP contribution in [0, 0.1) is 0 Å². The van der Waals surface area contributed by atoms with E-state index in [9.17, 15) is 22.8 Å². The van der Waals surface area contributed by atoms with Gasteiger partial charge in [-0.05, 0) is 61.4 Å². The minimum Gasteiger partial charge on any atom is -0.368 e. The highest BCUT2D eigenvalue weighted by Gasteiger charge is 2.30. The van der Waals surface area contributed by atoms with Gasteiger partial charge in [-0.2, -0.15) is 13.2 Å². The van der Waals surface area contributed by atoms with Gasteiger partial charge in [0.05, 0.1) is 5.56 Å². The Hall–Kier alpha value is -2.87. The van der Waals surface area contributed by atoms with Gasteiger partial charge in [-0.3, -0.25) is 9.59 Å². The molecule has 2 aromatic carbocycles. The zero-order chi connectivity index (χ0) is 19.4. The summed E-state index contributed by atoms with van der Waals surface area (Å²) >= 11 is 0. The molecule has 0 bridgehead atoms. The second-order valence-corrected chi connectivity index (χ2v) is 6.10. The van der Waals surface area contributed by atoms with Crippen molar-refractivity contribution in [3.63, 3.8) is 0 Å². The first-order valence-electron chi connectivity index (χ1n) is 8.34. The molecule has 1 heterocycles. The number of benzene rings is 2. The molecule has 5 nitrogen and oxygen atoms in total. The molecule has 1 aliphatic rings. The molecule has 8 heteroatoms. The molecule has 2 aromatic rings. The van der Waals surface area contributed by atoms with Crippen molar-refractivity contribution in [2.45, 2.75) is 25.1 Å². The minimum atomic E-state index is -4.42. The summed E-state index contributed by atoms with van der Waals surface area (Å²) in [5, 5.41) is 5.25. The van der Waals surface area contributed by atoms with Crippen LogP contribution >= 0.6 is 0 Å². The lowest BCUT2D eigenvalue weighted by Gasteiger charge is -2.11. The molecule has 3 rings (SSSR count).